The predicted molar refractivity (Wildman–Crippen MR) is 99.4 cm³/mol. The average molecular weight is 343 g/mol. The van der Waals surface area contributed by atoms with Crippen LogP contribution in [0.25, 0.3) is 0 Å². The van der Waals surface area contributed by atoms with E-state index in [0.29, 0.717) is 18.6 Å². The van der Waals surface area contributed by atoms with Crippen LogP contribution in [0.1, 0.15) is 51.1 Å². The topological polar surface area (TPSA) is 46.1 Å². The predicted octanol–water partition coefficient (Wildman–Crippen LogP) is 3.36. The number of unbranched alkanes of at least 4 members (excludes halogenated alkanes) is 1. The summed E-state index contributed by atoms with van der Waals surface area (Å²) in [6.45, 7) is 7.97. The highest BCUT2D eigenvalue weighted by molar-refractivity contribution is 5.95. The van der Waals surface area contributed by atoms with Crippen LogP contribution in [0, 0.1) is 5.92 Å². The summed E-state index contributed by atoms with van der Waals surface area (Å²) < 4.78 is 11.8. The molecule has 0 spiro atoms. The van der Waals surface area contributed by atoms with Gasteiger partial charge in [-0.25, -0.2) is 0 Å². The molecule has 1 aromatic rings. The first kappa shape index (κ1) is 16.7. The molecule has 2 unspecified atom stereocenters. The molecule has 4 heterocycles. The van der Waals surface area contributed by atoms with E-state index in [1.807, 2.05) is 6.92 Å². The van der Waals surface area contributed by atoms with E-state index < -0.39 is 0 Å². The lowest BCUT2D eigenvalue weighted by Crippen LogP contribution is -2.56. The van der Waals surface area contributed by atoms with Crippen molar-refractivity contribution in [3.63, 3.8) is 0 Å². The van der Waals surface area contributed by atoms with E-state index in [0.717, 1.165) is 30.9 Å². The van der Waals surface area contributed by atoms with E-state index in [1.165, 1.54) is 37.2 Å². The molecular formula is C20H29N3O2. The number of ether oxygens (including phenoxy) is 2. The van der Waals surface area contributed by atoms with Gasteiger partial charge in [-0.3, -0.25) is 4.90 Å². The van der Waals surface area contributed by atoms with Crippen molar-refractivity contribution in [3.8, 4) is 11.5 Å². The minimum Gasteiger partial charge on any atom is -0.490 e. The summed E-state index contributed by atoms with van der Waals surface area (Å²) in [5.41, 5.74) is 6.01. The Bertz CT molecular complexity index is 638. The smallest absolute Gasteiger partial charge is 0.161 e. The van der Waals surface area contributed by atoms with Crippen molar-refractivity contribution in [1.29, 1.82) is 0 Å². The SMILES string of the molecule is CCCCOc1ccc(C2NN=C3C4CCN(CC4)C32)cc1OCC. The highest BCUT2D eigenvalue weighted by Gasteiger charge is 2.46. The summed E-state index contributed by atoms with van der Waals surface area (Å²) in [6.07, 6.45) is 4.72. The molecule has 25 heavy (non-hydrogen) atoms. The van der Waals surface area contributed by atoms with Gasteiger partial charge in [0.15, 0.2) is 11.5 Å². The number of nitrogens with one attached hydrogen (secondary N) is 1. The zero-order chi connectivity index (χ0) is 17.2. The Morgan fingerprint density at radius 1 is 1.16 bits per heavy atom. The molecule has 0 amide bonds. The Morgan fingerprint density at radius 3 is 2.76 bits per heavy atom. The fourth-order valence-corrected chi connectivity index (χ4v) is 4.34. The highest BCUT2D eigenvalue weighted by Crippen LogP contribution is 2.40. The van der Waals surface area contributed by atoms with E-state index in [2.05, 4.69) is 35.4 Å². The molecule has 136 valence electrons. The maximum Gasteiger partial charge on any atom is 0.161 e. The van der Waals surface area contributed by atoms with Crippen molar-refractivity contribution in [2.45, 2.75) is 51.6 Å². The van der Waals surface area contributed by atoms with Gasteiger partial charge in [0.25, 0.3) is 0 Å². The first-order valence-corrected chi connectivity index (χ1v) is 9.78. The molecule has 2 bridgehead atoms. The first-order valence-electron chi connectivity index (χ1n) is 9.78. The number of fused-ring (bicyclic) bond motifs is 2. The monoisotopic (exact) mass is 343 g/mol. The third-order valence-corrected chi connectivity index (χ3v) is 5.67. The summed E-state index contributed by atoms with van der Waals surface area (Å²) in [5, 5.41) is 4.71. The van der Waals surface area contributed by atoms with Gasteiger partial charge in [0.1, 0.15) is 0 Å². The van der Waals surface area contributed by atoms with Gasteiger partial charge < -0.3 is 14.9 Å². The number of nitrogens with zero attached hydrogens (tertiary/aromatic N) is 2. The van der Waals surface area contributed by atoms with Crippen molar-refractivity contribution >= 4 is 5.71 Å². The van der Waals surface area contributed by atoms with Crippen LogP contribution in [0.3, 0.4) is 0 Å². The molecule has 0 aliphatic carbocycles. The molecule has 5 heteroatoms. The standard InChI is InChI=1S/C20H29N3O2/c1-3-5-12-25-16-7-6-15(13-17(16)24-4-2)19-20-18(21-22-19)14-8-10-23(20)11-9-14/h6-7,13-14,19-20,22H,3-5,8-12H2,1-2H3. The maximum atomic E-state index is 5.92. The van der Waals surface area contributed by atoms with Crippen LogP contribution in [0.5, 0.6) is 11.5 Å². The van der Waals surface area contributed by atoms with Gasteiger partial charge in [-0.15, -0.1) is 0 Å². The number of piperidine rings is 3. The Morgan fingerprint density at radius 2 is 2.00 bits per heavy atom. The van der Waals surface area contributed by atoms with E-state index in [9.17, 15) is 0 Å². The second-order valence-electron chi connectivity index (χ2n) is 7.24. The van der Waals surface area contributed by atoms with E-state index in [-0.39, 0.29) is 6.04 Å². The van der Waals surface area contributed by atoms with E-state index in [1.54, 1.807) is 0 Å². The molecule has 4 aliphatic rings. The lowest BCUT2D eigenvalue weighted by Gasteiger charge is -2.45. The van der Waals surface area contributed by atoms with Gasteiger partial charge in [-0.05, 0) is 57.0 Å². The molecule has 4 aliphatic heterocycles. The van der Waals surface area contributed by atoms with Gasteiger partial charge in [0.2, 0.25) is 0 Å². The van der Waals surface area contributed by atoms with Crippen molar-refractivity contribution < 1.29 is 9.47 Å². The van der Waals surface area contributed by atoms with Crippen molar-refractivity contribution in [1.82, 2.24) is 10.3 Å². The molecule has 5 nitrogen and oxygen atoms in total. The molecule has 0 radical (unpaired) electrons. The molecule has 5 rings (SSSR count). The van der Waals surface area contributed by atoms with Crippen LogP contribution in [-0.4, -0.2) is 43.0 Å². The molecular weight excluding hydrogens is 314 g/mol. The molecule has 2 atom stereocenters. The third-order valence-electron chi connectivity index (χ3n) is 5.67. The van der Waals surface area contributed by atoms with Crippen LogP contribution < -0.4 is 14.9 Å². The van der Waals surface area contributed by atoms with Crippen molar-refractivity contribution in [2.75, 3.05) is 26.3 Å². The molecule has 0 saturated carbocycles. The van der Waals surface area contributed by atoms with Gasteiger partial charge >= 0.3 is 0 Å². The summed E-state index contributed by atoms with van der Waals surface area (Å²) in [6, 6.07) is 7.01. The normalized spacial score (nSPS) is 29.8. The van der Waals surface area contributed by atoms with E-state index >= 15 is 0 Å². The van der Waals surface area contributed by atoms with E-state index in [4.69, 9.17) is 14.6 Å². The number of rotatable bonds is 7. The summed E-state index contributed by atoms with van der Waals surface area (Å²) >= 11 is 0. The van der Waals surface area contributed by atoms with Gasteiger partial charge in [-0.1, -0.05) is 19.4 Å². The lowest BCUT2D eigenvalue weighted by atomic mass is 9.78. The number of hydrogen-bond acceptors (Lipinski definition) is 5. The summed E-state index contributed by atoms with van der Waals surface area (Å²) in [7, 11) is 0. The number of hydrogen-bond donors (Lipinski definition) is 1. The molecule has 1 aromatic carbocycles. The van der Waals surface area contributed by atoms with Crippen LogP contribution in [0.2, 0.25) is 0 Å². The Hall–Kier alpha value is -1.75. The highest BCUT2D eigenvalue weighted by atomic mass is 16.5. The van der Waals surface area contributed by atoms with Crippen molar-refractivity contribution in [3.05, 3.63) is 23.8 Å². The van der Waals surface area contributed by atoms with Crippen LogP contribution >= 0.6 is 0 Å². The molecule has 3 saturated heterocycles. The van der Waals surface area contributed by atoms with Gasteiger partial charge in [-0.2, -0.15) is 5.10 Å². The number of hydrazone groups is 1. The maximum absolute atomic E-state index is 5.92. The molecule has 0 aromatic heterocycles. The van der Waals surface area contributed by atoms with Crippen LogP contribution in [-0.2, 0) is 0 Å². The summed E-state index contributed by atoms with van der Waals surface area (Å²) in [4.78, 5) is 2.59. The Labute approximate surface area is 150 Å². The third kappa shape index (κ3) is 3.10. The van der Waals surface area contributed by atoms with Gasteiger partial charge in [0, 0.05) is 5.92 Å². The number of benzene rings is 1. The minimum absolute atomic E-state index is 0.224. The zero-order valence-corrected chi connectivity index (χ0v) is 15.3. The molecule has 1 N–H and O–H groups in total. The fraction of sp³-hybridized carbons (Fsp3) is 0.650. The van der Waals surface area contributed by atoms with Gasteiger partial charge in [0.05, 0.1) is 31.0 Å². The molecule has 3 fully saturated rings. The Kier molecular flexibility index (Phi) is 4.84. The second-order valence-corrected chi connectivity index (χ2v) is 7.24. The zero-order valence-electron chi connectivity index (χ0n) is 15.3. The fourth-order valence-electron chi connectivity index (χ4n) is 4.34. The largest absolute Gasteiger partial charge is 0.490 e. The summed E-state index contributed by atoms with van der Waals surface area (Å²) in [5.74, 6) is 2.38. The second kappa shape index (κ2) is 7.24. The lowest BCUT2D eigenvalue weighted by molar-refractivity contribution is 0.133. The minimum atomic E-state index is 0.224. The average Bonchev–Trinajstić information content (AvgIpc) is 3.12. The Balaban J connectivity index is 1.55. The quantitative estimate of drug-likeness (QED) is 0.771. The van der Waals surface area contributed by atoms with Crippen LogP contribution in [0.15, 0.2) is 23.3 Å². The first-order chi connectivity index (χ1) is 12.3. The van der Waals surface area contributed by atoms with Crippen LogP contribution in [0.4, 0.5) is 0 Å². The van der Waals surface area contributed by atoms with Crippen molar-refractivity contribution in [2.24, 2.45) is 11.0 Å².